The number of hydrogen-bond donors (Lipinski definition) is 1. The molecule has 0 fully saturated rings. The fraction of sp³-hybridized carbons (Fsp3) is 0.276. The van der Waals surface area contributed by atoms with E-state index in [1.165, 1.54) is 35.5 Å². The van der Waals surface area contributed by atoms with Crippen molar-refractivity contribution in [1.29, 1.82) is 0 Å². The van der Waals surface area contributed by atoms with Gasteiger partial charge in [0.25, 0.3) is 0 Å². The van der Waals surface area contributed by atoms with Crippen molar-refractivity contribution in [3.63, 3.8) is 0 Å². The van der Waals surface area contributed by atoms with Gasteiger partial charge in [-0.15, -0.1) is 10.2 Å². The predicted molar refractivity (Wildman–Crippen MR) is 142 cm³/mol. The number of nitrogens with one attached hydrogen (secondary N) is 1. The Morgan fingerprint density at radius 3 is 2.38 bits per heavy atom. The van der Waals surface area contributed by atoms with Gasteiger partial charge in [0.15, 0.2) is 5.16 Å². The number of rotatable bonds is 13. The fourth-order valence-corrected chi connectivity index (χ4v) is 4.91. The van der Waals surface area contributed by atoms with Crippen LogP contribution in [0.4, 0.5) is 8.78 Å². The molecule has 0 radical (unpaired) electrons. The Morgan fingerprint density at radius 1 is 0.838 bits per heavy atom. The monoisotopic (exact) mass is 520 g/mol. The number of amides is 1. The van der Waals surface area contributed by atoms with Crippen LogP contribution >= 0.6 is 11.8 Å². The van der Waals surface area contributed by atoms with E-state index in [0.717, 1.165) is 42.4 Å². The van der Waals surface area contributed by atoms with Crippen molar-refractivity contribution in [3.05, 3.63) is 113 Å². The average molecular weight is 521 g/mol. The molecule has 0 aliphatic rings. The smallest absolute Gasteiger partial charge is 0.220 e. The number of hydrogen-bond acceptors (Lipinski definition) is 4. The highest BCUT2D eigenvalue weighted by atomic mass is 32.2. The van der Waals surface area contributed by atoms with E-state index in [0.29, 0.717) is 30.7 Å². The molecule has 0 aliphatic carbocycles. The summed E-state index contributed by atoms with van der Waals surface area (Å²) < 4.78 is 29.2. The second kappa shape index (κ2) is 13.7. The molecule has 1 N–H and O–H groups in total. The standard InChI is InChI=1S/C29H30F2N4OS/c30-25-16-14-23(15-17-25)20-32-28(36)13-7-6-12-27-33-34-29(37-21-24-10-4-5-11-26(24)31)35(27)19-18-22-8-2-1-3-9-22/h1-5,8-11,14-17H,6-7,12-13,18-21H2,(H,32,36). The molecule has 0 spiro atoms. The first-order chi connectivity index (χ1) is 18.1. The molecule has 192 valence electrons. The number of aryl methyl sites for hydroxylation is 2. The molecule has 1 aromatic heterocycles. The highest BCUT2D eigenvalue weighted by Gasteiger charge is 2.14. The maximum Gasteiger partial charge on any atom is 0.220 e. The molecule has 5 nitrogen and oxygen atoms in total. The van der Waals surface area contributed by atoms with E-state index in [4.69, 9.17) is 0 Å². The van der Waals surface area contributed by atoms with Gasteiger partial charge in [-0.2, -0.15) is 0 Å². The van der Waals surface area contributed by atoms with Gasteiger partial charge in [-0.05, 0) is 54.2 Å². The summed E-state index contributed by atoms with van der Waals surface area (Å²) in [6.07, 6.45) is 3.47. The van der Waals surface area contributed by atoms with E-state index in [2.05, 4.69) is 32.2 Å². The molecule has 0 bridgehead atoms. The Kier molecular flexibility index (Phi) is 9.82. The number of unbranched alkanes of at least 4 members (excludes halogenated alkanes) is 1. The van der Waals surface area contributed by atoms with Crippen LogP contribution in [-0.2, 0) is 36.5 Å². The summed E-state index contributed by atoms with van der Waals surface area (Å²) in [7, 11) is 0. The van der Waals surface area contributed by atoms with E-state index in [9.17, 15) is 13.6 Å². The van der Waals surface area contributed by atoms with Crippen LogP contribution in [-0.4, -0.2) is 20.7 Å². The van der Waals surface area contributed by atoms with Gasteiger partial charge in [-0.1, -0.05) is 72.4 Å². The summed E-state index contributed by atoms with van der Waals surface area (Å²) in [5.41, 5.74) is 2.73. The van der Waals surface area contributed by atoms with Gasteiger partial charge in [0, 0.05) is 31.7 Å². The van der Waals surface area contributed by atoms with Crippen LogP contribution in [0.5, 0.6) is 0 Å². The van der Waals surface area contributed by atoms with Crippen molar-refractivity contribution in [2.75, 3.05) is 0 Å². The topological polar surface area (TPSA) is 59.8 Å². The Labute approximate surface area is 220 Å². The van der Waals surface area contributed by atoms with Crippen LogP contribution in [0.15, 0.2) is 84.0 Å². The second-order valence-electron chi connectivity index (χ2n) is 8.78. The number of carbonyl (C=O) groups is 1. The zero-order chi connectivity index (χ0) is 25.9. The van der Waals surface area contributed by atoms with Gasteiger partial charge in [0.2, 0.25) is 5.91 Å². The minimum atomic E-state index is -0.291. The van der Waals surface area contributed by atoms with Crippen LogP contribution in [0.2, 0.25) is 0 Å². The molecule has 4 aromatic rings. The quantitative estimate of drug-likeness (QED) is 0.170. The molecular weight excluding hydrogens is 490 g/mol. The summed E-state index contributed by atoms with van der Waals surface area (Å²) in [5, 5.41) is 12.5. The van der Waals surface area contributed by atoms with Crippen molar-refractivity contribution in [2.45, 2.75) is 56.1 Å². The summed E-state index contributed by atoms with van der Waals surface area (Å²) in [5.74, 6) is 0.808. The zero-order valence-corrected chi connectivity index (χ0v) is 21.4. The van der Waals surface area contributed by atoms with E-state index >= 15 is 0 Å². The molecule has 0 saturated carbocycles. The largest absolute Gasteiger partial charge is 0.352 e. The summed E-state index contributed by atoms with van der Waals surface area (Å²) in [6.45, 7) is 1.11. The Morgan fingerprint density at radius 2 is 1.59 bits per heavy atom. The van der Waals surface area contributed by atoms with Gasteiger partial charge in [-0.3, -0.25) is 4.79 Å². The number of nitrogens with zero attached hydrogens (tertiary/aromatic N) is 3. The Hall–Kier alpha value is -3.52. The SMILES string of the molecule is O=C(CCCCc1nnc(SCc2ccccc2F)n1CCc1ccccc1)NCc1ccc(F)cc1. The molecule has 8 heteroatoms. The number of halogens is 2. The van der Waals surface area contributed by atoms with Crippen LogP contribution in [0.3, 0.4) is 0 Å². The van der Waals surface area contributed by atoms with E-state index in [1.54, 1.807) is 24.3 Å². The third-order valence-corrected chi connectivity index (χ3v) is 7.05. The summed E-state index contributed by atoms with van der Waals surface area (Å²) in [4.78, 5) is 12.2. The van der Waals surface area contributed by atoms with Gasteiger partial charge >= 0.3 is 0 Å². The third-order valence-electron chi connectivity index (χ3n) is 6.03. The first-order valence-corrected chi connectivity index (χ1v) is 13.4. The van der Waals surface area contributed by atoms with Gasteiger partial charge < -0.3 is 9.88 Å². The Bertz CT molecular complexity index is 1280. The molecule has 3 aromatic carbocycles. The van der Waals surface area contributed by atoms with Crippen LogP contribution in [0, 0.1) is 11.6 Å². The van der Waals surface area contributed by atoms with Gasteiger partial charge in [-0.25, -0.2) is 8.78 Å². The lowest BCUT2D eigenvalue weighted by Gasteiger charge is -2.11. The fourth-order valence-electron chi connectivity index (χ4n) is 3.94. The van der Waals surface area contributed by atoms with Gasteiger partial charge in [0.05, 0.1) is 0 Å². The summed E-state index contributed by atoms with van der Waals surface area (Å²) in [6, 6.07) is 23.1. The third kappa shape index (κ3) is 8.25. The number of aromatic nitrogens is 3. The second-order valence-corrected chi connectivity index (χ2v) is 9.72. The van der Waals surface area contributed by atoms with Crippen molar-refractivity contribution in [3.8, 4) is 0 Å². The normalized spacial score (nSPS) is 11.0. The highest BCUT2D eigenvalue weighted by molar-refractivity contribution is 7.98. The summed E-state index contributed by atoms with van der Waals surface area (Å²) >= 11 is 1.48. The number of benzene rings is 3. The maximum absolute atomic E-state index is 14.1. The van der Waals surface area contributed by atoms with Crippen molar-refractivity contribution in [1.82, 2.24) is 20.1 Å². The van der Waals surface area contributed by atoms with Crippen molar-refractivity contribution < 1.29 is 13.6 Å². The molecule has 1 heterocycles. The molecule has 0 saturated heterocycles. The lowest BCUT2D eigenvalue weighted by Crippen LogP contribution is -2.22. The molecule has 4 rings (SSSR count). The molecule has 1 amide bonds. The Balaban J connectivity index is 1.31. The molecular formula is C29H30F2N4OS. The van der Waals surface area contributed by atoms with Gasteiger partial charge in [0.1, 0.15) is 17.5 Å². The van der Waals surface area contributed by atoms with Crippen LogP contribution in [0.1, 0.15) is 41.8 Å². The molecule has 0 aliphatic heterocycles. The van der Waals surface area contributed by atoms with Crippen molar-refractivity contribution in [2.24, 2.45) is 0 Å². The highest BCUT2D eigenvalue weighted by Crippen LogP contribution is 2.24. The molecule has 0 unspecified atom stereocenters. The predicted octanol–water partition coefficient (Wildman–Crippen LogP) is 6.12. The average Bonchev–Trinajstić information content (AvgIpc) is 3.31. The first kappa shape index (κ1) is 26.5. The lowest BCUT2D eigenvalue weighted by atomic mass is 10.1. The van der Waals surface area contributed by atoms with Crippen molar-refractivity contribution >= 4 is 17.7 Å². The van der Waals surface area contributed by atoms with E-state index in [1.807, 2.05) is 24.3 Å². The van der Waals surface area contributed by atoms with Crippen LogP contribution < -0.4 is 5.32 Å². The number of thioether (sulfide) groups is 1. The maximum atomic E-state index is 14.1. The first-order valence-electron chi connectivity index (χ1n) is 12.4. The molecule has 0 atom stereocenters. The molecule has 37 heavy (non-hydrogen) atoms. The zero-order valence-electron chi connectivity index (χ0n) is 20.6. The minimum absolute atomic E-state index is 0.0315. The van der Waals surface area contributed by atoms with Crippen LogP contribution in [0.25, 0.3) is 0 Å². The van der Waals surface area contributed by atoms with E-state index < -0.39 is 0 Å². The van der Waals surface area contributed by atoms with E-state index in [-0.39, 0.29) is 17.5 Å². The minimum Gasteiger partial charge on any atom is -0.352 e. The lowest BCUT2D eigenvalue weighted by molar-refractivity contribution is -0.121. The number of carbonyl (C=O) groups excluding carboxylic acids is 1.